The Bertz CT molecular complexity index is 595. The lowest BCUT2D eigenvalue weighted by Gasteiger charge is -2.04. The van der Waals surface area contributed by atoms with Crippen LogP contribution < -0.4 is 5.56 Å². The van der Waals surface area contributed by atoms with Gasteiger partial charge in [-0.05, 0) is 17.7 Å². The van der Waals surface area contributed by atoms with Crippen LogP contribution in [0.2, 0.25) is 0 Å². The van der Waals surface area contributed by atoms with Gasteiger partial charge in [-0.1, -0.05) is 12.1 Å². The second-order valence-corrected chi connectivity index (χ2v) is 3.46. The first-order valence-corrected chi connectivity index (χ1v) is 4.86. The second kappa shape index (κ2) is 4.26. The molecule has 17 heavy (non-hydrogen) atoms. The maximum atomic E-state index is 11.3. The van der Waals surface area contributed by atoms with Crippen LogP contribution in [0.25, 0.3) is 5.69 Å². The first kappa shape index (κ1) is 11.2. The van der Waals surface area contributed by atoms with Crippen molar-refractivity contribution < 1.29 is 15.0 Å². The molecule has 0 radical (unpaired) electrons. The summed E-state index contributed by atoms with van der Waals surface area (Å²) in [7, 11) is 0. The number of aromatic hydroxyl groups is 1. The molecule has 0 bridgehead atoms. The van der Waals surface area contributed by atoms with Crippen LogP contribution in [-0.4, -0.2) is 26.3 Å². The highest BCUT2D eigenvalue weighted by Crippen LogP contribution is 2.17. The fourth-order valence-electron chi connectivity index (χ4n) is 1.48. The van der Waals surface area contributed by atoms with Crippen LogP contribution >= 0.6 is 0 Å². The van der Waals surface area contributed by atoms with Crippen molar-refractivity contribution in [1.82, 2.24) is 9.78 Å². The molecule has 6 nitrogen and oxygen atoms in total. The summed E-state index contributed by atoms with van der Waals surface area (Å²) in [5, 5.41) is 20.9. The van der Waals surface area contributed by atoms with Crippen LogP contribution in [0.3, 0.4) is 0 Å². The van der Waals surface area contributed by atoms with Gasteiger partial charge in [-0.3, -0.25) is 14.7 Å². The van der Waals surface area contributed by atoms with Crippen molar-refractivity contribution in [3.63, 3.8) is 0 Å². The Morgan fingerprint density at radius 1 is 1.29 bits per heavy atom. The number of aromatic amines is 1. The standard InChI is InChI=1S/C11H10N2O4/c14-5-7-1-3-8(4-2-7)13-11(17)9(6-15)10(16)12-13/h1-4,6,14,17H,5H2,(H,12,16). The molecule has 0 spiro atoms. The van der Waals surface area contributed by atoms with Crippen molar-refractivity contribution in [3.05, 3.63) is 45.7 Å². The molecule has 0 unspecified atom stereocenters. The van der Waals surface area contributed by atoms with E-state index in [-0.39, 0.29) is 12.2 Å². The smallest absolute Gasteiger partial charge is 0.279 e. The molecule has 1 aromatic heterocycles. The Kier molecular flexibility index (Phi) is 2.80. The zero-order chi connectivity index (χ0) is 12.4. The van der Waals surface area contributed by atoms with Crippen molar-refractivity contribution in [2.45, 2.75) is 6.61 Å². The molecule has 1 aromatic carbocycles. The summed E-state index contributed by atoms with van der Waals surface area (Å²) in [6.45, 7) is -0.0892. The van der Waals surface area contributed by atoms with Gasteiger partial charge in [-0.25, -0.2) is 4.68 Å². The van der Waals surface area contributed by atoms with E-state index < -0.39 is 11.4 Å². The highest BCUT2D eigenvalue weighted by atomic mass is 16.3. The molecule has 6 heteroatoms. The van der Waals surface area contributed by atoms with E-state index in [2.05, 4.69) is 5.10 Å². The number of aliphatic hydroxyl groups is 1. The van der Waals surface area contributed by atoms with Gasteiger partial charge in [-0.2, -0.15) is 0 Å². The molecule has 0 aliphatic carbocycles. The average Bonchev–Trinajstić information content (AvgIpc) is 2.64. The third kappa shape index (κ3) is 1.85. The van der Waals surface area contributed by atoms with Crippen molar-refractivity contribution >= 4 is 6.29 Å². The molecule has 3 N–H and O–H groups in total. The molecular weight excluding hydrogens is 224 g/mol. The molecular formula is C11H10N2O4. The van der Waals surface area contributed by atoms with E-state index in [1.165, 1.54) is 0 Å². The molecule has 2 aromatic rings. The van der Waals surface area contributed by atoms with Crippen molar-refractivity contribution in [1.29, 1.82) is 0 Å². The zero-order valence-electron chi connectivity index (χ0n) is 8.75. The van der Waals surface area contributed by atoms with E-state index in [1.54, 1.807) is 24.3 Å². The van der Waals surface area contributed by atoms with Gasteiger partial charge in [0.25, 0.3) is 5.56 Å². The molecule has 0 atom stereocenters. The number of nitrogens with zero attached hydrogens (tertiary/aromatic N) is 1. The van der Waals surface area contributed by atoms with Gasteiger partial charge >= 0.3 is 0 Å². The molecule has 88 valence electrons. The lowest BCUT2D eigenvalue weighted by Crippen LogP contribution is -2.06. The van der Waals surface area contributed by atoms with Crippen LogP contribution in [-0.2, 0) is 6.61 Å². The van der Waals surface area contributed by atoms with Crippen LogP contribution in [0.4, 0.5) is 0 Å². The number of nitrogens with one attached hydrogen (secondary N) is 1. The average molecular weight is 234 g/mol. The number of benzene rings is 1. The van der Waals surface area contributed by atoms with Crippen molar-refractivity contribution in [2.75, 3.05) is 0 Å². The third-order valence-corrected chi connectivity index (χ3v) is 2.41. The van der Waals surface area contributed by atoms with Crippen molar-refractivity contribution in [3.8, 4) is 11.6 Å². The summed E-state index contributed by atoms with van der Waals surface area (Å²) in [6, 6.07) is 6.51. The van der Waals surface area contributed by atoms with E-state index in [0.29, 0.717) is 17.5 Å². The fraction of sp³-hybridized carbons (Fsp3) is 0.0909. The Labute approximate surface area is 95.7 Å². The topological polar surface area (TPSA) is 95.3 Å². The van der Waals surface area contributed by atoms with Gasteiger partial charge in [0.05, 0.1) is 12.3 Å². The Morgan fingerprint density at radius 3 is 2.41 bits per heavy atom. The van der Waals surface area contributed by atoms with E-state index >= 15 is 0 Å². The quantitative estimate of drug-likeness (QED) is 0.660. The number of hydrogen-bond acceptors (Lipinski definition) is 4. The number of rotatable bonds is 3. The van der Waals surface area contributed by atoms with E-state index in [4.69, 9.17) is 5.11 Å². The van der Waals surface area contributed by atoms with Crippen LogP contribution in [0.1, 0.15) is 15.9 Å². The highest BCUT2D eigenvalue weighted by Gasteiger charge is 2.13. The van der Waals surface area contributed by atoms with Gasteiger partial charge in [0, 0.05) is 0 Å². The summed E-state index contributed by atoms with van der Waals surface area (Å²) in [5.74, 6) is -0.429. The summed E-state index contributed by atoms with van der Waals surface area (Å²) in [6.07, 6.45) is 0.298. The first-order valence-electron chi connectivity index (χ1n) is 4.86. The SMILES string of the molecule is O=Cc1c(O)n(-c2ccc(CO)cc2)[nH]c1=O. The molecule has 0 saturated carbocycles. The third-order valence-electron chi connectivity index (χ3n) is 2.41. The predicted molar refractivity (Wildman–Crippen MR) is 59.4 cm³/mol. The molecule has 1 heterocycles. The number of carbonyl (C=O) groups excluding carboxylic acids is 1. The Balaban J connectivity index is 2.53. The minimum atomic E-state index is -0.649. The summed E-state index contributed by atoms with van der Waals surface area (Å²) in [5.41, 5.74) is 0.239. The molecule has 0 fully saturated rings. The number of aromatic nitrogens is 2. The number of aldehydes is 1. The fourth-order valence-corrected chi connectivity index (χ4v) is 1.48. The summed E-state index contributed by atoms with van der Waals surface area (Å²) < 4.78 is 1.10. The Morgan fingerprint density at radius 2 is 1.94 bits per heavy atom. The number of carbonyl (C=O) groups is 1. The monoisotopic (exact) mass is 234 g/mol. The molecule has 2 rings (SSSR count). The van der Waals surface area contributed by atoms with Crippen LogP contribution in [0.5, 0.6) is 5.88 Å². The van der Waals surface area contributed by atoms with Gasteiger partial charge in [0.15, 0.2) is 6.29 Å². The van der Waals surface area contributed by atoms with Crippen molar-refractivity contribution in [2.24, 2.45) is 0 Å². The van der Waals surface area contributed by atoms with E-state index in [0.717, 1.165) is 4.68 Å². The molecule has 0 aliphatic heterocycles. The second-order valence-electron chi connectivity index (χ2n) is 3.46. The minimum absolute atomic E-state index is 0.0892. The molecule has 0 aliphatic rings. The van der Waals surface area contributed by atoms with E-state index in [1.807, 2.05) is 0 Å². The summed E-state index contributed by atoms with van der Waals surface area (Å²) in [4.78, 5) is 21.8. The maximum absolute atomic E-state index is 11.3. The van der Waals surface area contributed by atoms with Gasteiger partial charge < -0.3 is 10.2 Å². The Hall–Kier alpha value is -2.34. The van der Waals surface area contributed by atoms with Crippen LogP contribution in [0, 0.1) is 0 Å². The highest BCUT2D eigenvalue weighted by molar-refractivity contribution is 5.77. The minimum Gasteiger partial charge on any atom is -0.493 e. The number of H-pyrrole nitrogens is 1. The van der Waals surface area contributed by atoms with Gasteiger partial charge in [0.1, 0.15) is 5.56 Å². The number of hydrogen-bond donors (Lipinski definition) is 3. The zero-order valence-corrected chi connectivity index (χ0v) is 8.75. The maximum Gasteiger partial charge on any atom is 0.279 e. The predicted octanol–water partition coefficient (Wildman–Crippen LogP) is 0.176. The largest absolute Gasteiger partial charge is 0.493 e. The van der Waals surface area contributed by atoms with Crippen LogP contribution in [0.15, 0.2) is 29.1 Å². The normalized spacial score (nSPS) is 10.4. The lowest BCUT2D eigenvalue weighted by atomic mass is 10.2. The molecule has 0 saturated heterocycles. The van der Waals surface area contributed by atoms with Gasteiger partial charge in [0.2, 0.25) is 5.88 Å². The number of aliphatic hydroxyl groups excluding tert-OH is 1. The summed E-state index contributed by atoms with van der Waals surface area (Å²) >= 11 is 0. The lowest BCUT2D eigenvalue weighted by molar-refractivity contribution is 0.112. The van der Waals surface area contributed by atoms with Gasteiger partial charge in [-0.15, -0.1) is 0 Å². The van der Waals surface area contributed by atoms with E-state index in [9.17, 15) is 14.7 Å². The first-order chi connectivity index (χ1) is 8.17. The molecule has 0 amide bonds.